The molecule has 0 aliphatic heterocycles. The molecule has 0 saturated carbocycles. The van der Waals surface area contributed by atoms with Gasteiger partial charge in [0.1, 0.15) is 5.60 Å². The van der Waals surface area contributed by atoms with Gasteiger partial charge in [-0.1, -0.05) is 162 Å². The minimum absolute atomic E-state index is 0.190. The molecule has 300 valence electrons. The number of carbonyl (C=O) groups is 1. The Bertz CT molecular complexity index is 720. The van der Waals surface area contributed by atoms with Crippen molar-refractivity contribution in [3.05, 3.63) is 0 Å². The van der Waals surface area contributed by atoms with E-state index in [0.29, 0.717) is 39.4 Å². The lowest BCUT2D eigenvalue weighted by Crippen LogP contribution is -2.44. The predicted molar refractivity (Wildman–Crippen MR) is 212 cm³/mol. The summed E-state index contributed by atoms with van der Waals surface area (Å²) in [5.41, 5.74) is -1.07. The average Bonchev–Trinajstić information content (AvgIpc) is 3.10. The van der Waals surface area contributed by atoms with Gasteiger partial charge in [0, 0.05) is 33.5 Å². The third kappa shape index (κ3) is 33.0. The Hall–Kier alpha value is -0.890. The number of methoxy groups -OCH3 is 1. The first-order valence-corrected chi connectivity index (χ1v) is 21.5. The predicted octanol–water partition coefficient (Wildman–Crippen LogP) is 12.5. The van der Waals surface area contributed by atoms with Crippen LogP contribution in [0.25, 0.3) is 0 Å². The van der Waals surface area contributed by atoms with Crippen molar-refractivity contribution in [3.8, 4) is 0 Å². The summed E-state index contributed by atoms with van der Waals surface area (Å²) >= 11 is 0. The summed E-state index contributed by atoms with van der Waals surface area (Å²) < 4.78 is 29.6. The third-order valence-corrected chi connectivity index (χ3v) is 10.0. The maximum atomic E-state index is 12.9. The van der Waals surface area contributed by atoms with E-state index in [1.165, 1.54) is 141 Å². The van der Waals surface area contributed by atoms with Gasteiger partial charge in [-0.25, -0.2) is 4.79 Å². The second kappa shape index (κ2) is 35.2. The van der Waals surface area contributed by atoms with Crippen LogP contribution >= 0.6 is 0 Å². The molecule has 1 amide bonds. The van der Waals surface area contributed by atoms with Crippen molar-refractivity contribution in [1.82, 2.24) is 5.32 Å². The maximum absolute atomic E-state index is 12.9. The summed E-state index contributed by atoms with van der Waals surface area (Å²) in [6, 6.07) is 0. The first-order chi connectivity index (χ1) is 24.2. The van der Waals surface area contributed by atoms with E-state index in [4.69, 9.17) is 23.7 Å². The Morgan fingerprint density at radius 2 is 1.04 bits per heavy atom. The molecule has 1 N–H and O–H groups in total. The Labute approximate surface area is 311 Å². The normalized spacial score (nSPS) is 13.7. The number of amides is 1. The molecule has 0 radical (unpaired) electrons. The van der Waals surface area contributed by atoms with Crippen molar-refractivity contribution in [2.75, 3.05) is 46.7 Å². The van der Waals surface area contributed by atoms with Gasteiger partial charge in [0.05, 0.1) is 24.9 Å². The average molecular weight is 714 g/mol. The molecule has 0 rings (SSSR count). The minimum Gasteiger partial charge on any atom is -0.441 e. The fourth-order valence-electron chi connectivity index (χ4n) is 6.05. The molecule has 0 aliphatic carbocycles. The molecule has 7 heteroatoms. The van der Waals surface area contributed by atoms with Gasteiger partial charge in [0.25, 0.3) is 0 Å². The number of carbonyl (C=O) groups excluding carboxylic acids is 1. The summed E-state index contributed by atoms with van der Waals surface area (Å²) in [6.45, 7) is 15.8. The van der Waals surface area contributed by atoms with Gasteiger partial charge < -0.3 is 29.0 Å². The number of unbranched alkanes of at least 4 members (excludes halogenated alkanes) is 22. The van der Waals surface area contributed by atoms with Crippen molar-refractivity contribution in [2.24, 2.45) is 0 Å². The van der Waals surface area contributed by atoms with E-state index in [9.17, 15) is 4.79 Å². The largest absolute Gasteiger partial charge is 0.441 e. The zero-order valence-electron chi connectivity index (χ0n) is 34.7. The van der Waals surface area contributed by atoms with Crippen molar-refractivity contribution in [2.45, 2.75) is 226 Å². The van der Waals surface area contributed by atoms with Crippen LogP contribution in [-0.4, -0.2) is 70.1 Å². The van der Waals surface area contributed by atoms with Gasteiger partial charge in [-0.05, 0) is 46.5 Å². The fourth-order valence-corrected chi connectivity index (χ4v) is 6.05. The van der Waals surface area contributed by atoms with Crippen LogP contribution in [0.3, 0.4) is 0 Å². The number of hydrogen-bond donors (Lipinski definition) is 1. The van der Waals surface area contributed by atoms with Crippen LogP contribution in [0.2, 0.25) is 0 Å². The molecule has 0 saturated heterocycles. The highest BCUT2D eigenvalue weighted by atomic mass is 16.6. The molecule has 0 spiro atoms. The van der Waals surface area contributed by atoms with E-state index in [0.717, 1.165) is 25.9 Å². The number of rotatable bonds is 39. The number of nitrogens with one attached hydrogen (secondary N) is 1. The second-order valence-corrected chi connectivity index (χ2v) is 15.7. The molecule has 0 aliphatic rings. The van der Waals surface area contributed by atoms with E-state index < -0.39 is 11.7 Å². The van der Waals surface area contributed by atoms with Crippen LogP contribution in [0.1, 0.15) is 208 Å². The zero-order valence-corrected chi connectivity index (χ0v) is 34.7. The molecular weight excluding hydrogens is 626 g/mol. The lowest BCUT2D eigenvalue weighted by atomic mass is 10.0. The maximum Gasteiger partial charge on any atom is 0.407 e. The Balaban J connectivity index is 4.47. The lowest BCUT2D eigenvalue weighted by molar-refractivity contribution is -0.110. The Morgan fingerprint density at radius 1 is 0.600 bits per heavy atom. The van der Waals surface area contributed by atoms with Crippen LogP contribution in [0.15, 0.2) is 0 Å². The van der Waals surface area contributed by atoms with Crippen molar-refractivity contribution < 1.29 is 28.5 Å². The summed E-state index contributed by atoms with van der Waals surface area (Å²) in [5.74, 6) is 0. The van der Waals surface area contributed by atoms with Gasteiger partial charge >= 0.3 is 6.09 Å². The number of ether oxygens (including phenoxy) is 5. The first-order valence-electron chi connectivity index (χ1n) is 21.5. The Morgan fingerprint density at radius 3 is 1.48 bits per heavy atom. The molecule has 0 aromatic rings. The van der Waals surface area contributed by atoms with E-state index in [1.54, 1.807) is 7.11 Å². The number of alkyl carbamates (subject to hydrolysis) is 1. The highest BCUT2D eigenvalue weighted by Gasteiger charge is 2.31. The quantitative estimate of drug-likeness (QED) is 0.0639. The second-order valence-electron chi connectivity index (χ2n) is 15.7. The van der Waals surface area contributed by atoms with Crippen LogP contribution in [0.4, 0.5) is 4.79 Å². The van der Waals surface area contributed by atoms with Gasteiger partial charge in [-0.2, -0.15) is 0 Å². The molecule has 2 unspecified atom stereocenters. The molecule has 0 bridgehead atoms. The van der Waals surface area contributed by atoms with E-state index in [-0.39, 0.29) is 11.7 Å². The van der Waals surface area contributed by atoms with Gasteiger partial charge in [0.15, 0.2) is 0 Å². The minimum atomic E-state index is -0.717. The summed E-state index contributed by atoms with van der Waals surface area (Å²) in [5, 5.41) is 2.96. The molecule has 50 heavy (non-hydrogen) atoms. The van der Waals surface area contributed by atoms with Crippen LogP contribution < -0.4 is 5.32 Å². The van der Waals surface area contributed by atoms with Crippen molar-refractivity contribution in [3.63, 3.8) is 0 Å². The van der Waals surface area contributed by atoms with E-state index in [2.05, 4.69) is 19.2 Å². The molecule has 2 atom stereocenters. The molecule has 0 aromatic heterocycles. The molecule has 0 fully saturated rings. The van der Waals surface area contributed by atoms with Crippen molar-refractivity contribution >= 4 is 6.09 Å². The van der Waals surface area contributed by atoms with Gasteiger partial charge in [-0.15, -0.1) is 0 Å². The van der Waals surface area contributed by atoms with Gasteiger partial charge in [0.2, 0.25) is 0 Å². The highest BCUT2D eigenvalue weighted by Crippen LogP contribution is 2.22. The SMILES string of the molecule is CCCCCCCCCCCCCCOCC(CNC(=O)OC(C)(CC)COC(C)(C)CCOC)OCCCCCCCCCCCCCC. The fraction of sp³-hybridized carbons (Fsp3) is 0.977. The molecule has 0 heterocycles. The summed E-state index contributed by atoms with van der Waals surface area (Å²) in [6.07, 6.45) is 32.6. The molecule has 7 nitrogen and oxygen atoms in total. The van der Waals surface area contributed by atoms with Crippen LogP contribution in [-0.2, 0) is 23.7 Å². The third-order valence-electron chi connectivity index (χ3n) is 10.0. The van der Waals surface area contributed by atoms with Crippen molar-refractivity contribution in [1.29, 1.82) is 0 Å². The van der Waals surface area contributed by atoms with Crippen LogP contribution in [0.5, 0.6) is 0 Å². The summed E-state index contributed by atoms with van der Waals surface area (Å²) in [4.78, 5) is 12.9. The van der Waals surface area contributed by atoms with Crippen LogP contribution in [0, 0.1) is 0 Å². The smallest absolute Gasteiger partial charge is 0.407 e. The zero-order chi connectivity index (χ0) is 37.0. The van der Waals surface area contributed by atoms with E-state index >= 15 is 0 Å². The van der Waals surface area contributed by atoms with Gasteiger partial charge in [-0.3, -0.25) is 0 Å². The topological polar surface area (TPSA) is 75.3 Å². The lowest BCUT2D eigenvalue weighted by Gasteiger charge is -2.33. The Kier molecular flexibility index (Phi) is 34.5. The standard InChI is InChI=1S/C43H87NO6/c1-8-11-13-15-17-19-21-23-25-27-29-31-34-47-38-40(48-35-32-30-28-26-24-22-20-18-16-14-12-9-2)37-44-41(45)50-43(6,10-3)39-49-42(4,5)33-36-46-7/h40H,8-39H2,1-7H3,(H,44,45). The highest BCUT2D eigenvalue weighted by molar-refractivity contribution is 5.67. The first kappa shape index (κ1) is 49.1. The number of hydrogen-bond acceptors (Lipinski definition) is 6. The molecule has 0 aromatic carbocycles. The van der Waals surface area contributed by atoms with E-state index in [1.807, 2.05) is 27.7 Å². The molecular formula is C43H87NO6. The summed E-state index contributed by atoms with van der Waals surface area (Å²) in [7, 11) is 1.69. The monoisotopic (exact) mass is 714 g/mol.